The molecule has 36 heavy (non-hydrogen) atoms. The van der Waals surface area contributed by atoms with Crippen LogP contribution < -0.4 is 10.9 Å². The second-order valence-electron chi connectivity index (χ2n) is 9.21. The molecule has 0 radical (unpaired) electrons. The van der Waals surface area contributed by atoms with E-state index >= 15 is 0 Å². The molecule has 0 aliphatic carbocycles. The maximum atomic E-state index is 13.6. The lowest BCUT2D eigenvalue weighted by Gasteiger charge is -2.15. The Hall–Kier alpha value is -4.27. The first-order valence-electron chi connectivity index (χ1n) is 12.0. The minimum absolute atomic E-state index is 0.0106. The summed E-state index contributed by atoms with van der Waals surface area (Å²) in [6.07, 6.45) is 3.18. The van der Waals surface area contributed by atoms with Crippen LogP contribution in [0.2, 0.25) is 0 Å². The van der Waals surface area contributed by atoms with Crippen LogP contribution in [0.25, 0.3) is 21.9 Å². The van der Waals surface area contributed by atoms with E-state index < -0.39 is 0 Å². The first-order chi connectivity index (χ1) is 17.4. The summed E-state index contributed by atoms with van der Waals surface area (Å²) in [4.78, 5) is 35.4. The van der Waals surface area contributed by atoms with E-state index in [1.54, 1.807) is 11.5 Å². The van der Waals surface area contributed by atoms with Gasteiger partial charge in [0.15, 0.2) is 5.82 Å². The number of amides is 1. The number of aryl methyl sites for hydroxylation is 3. The summed E-state index contributed by atoms with van der Waals surface area (Å²) in [6, 6.07) is 16.1. The van der Waals surface area contributed by atoms with E-state index in [-0.39, 0.29) is 30.6 Å². The van der Waals surface area contributed by atoms with Gasteiger partial charge >= 0.3 is 0 Å². The molecule has 5 aromatic rings. The van der Waals surface area contributed by atoms with E-state index in [1.807, 2.05) is 50.2 Å². The first kappa shape index (κ1) is 23.5. The summed E-state index contributed by atoms with van der Waals surface area (Å²) in [5.41, 5.74) is 3.75. The molecule has 0 spiro atoms. The van der Waals surface area contributed by atoms with Gasteiger partial charge in [0.1, 0.15) is 24.1 Å². The average Bonchev–Trinajstić information content (AvgIpc) is 3.40. The maximum Gasteiger partial charge on any atom is 0.278 e. The molecule has 0 fully saturated rings. The van der Waals surface area contributed by atoms with Gasteiger partial charge in [-0.1, -0.05) is 47.1 Å². The average molecular weight is 485 g/mol. The van der Waals surface area contributed by atoms with Crippen LogP contribution in [0.4, 0.5) is 0 Å². The number of hydrogen-bond donors (Lipinski definition) is 1. The van der Waals surface area contributed by atoms with Crippen LogP contribution in [-0.2, 0) is 24.3 Å². The third-order valence-corrected chi connectivity index (χ3v) is 6.28. The molecule has 0 aliphatic heterocycles. The van der Waals surface area contributed by atoms with Crippen molar-refractivity contribution in [3.05, 3.63) is 88.1 Å². The van der Waals surface area contributed by atoms with Gasteiger partial charge in [0.25, 0.3) is 5.56 Å². The summed E-state index contributed by atoms with van der Waals surface area (Å²) in [5.74, 6) is 0.659. The Bertz CT molecular complexity index is 1600. The highest BCUT2D eigenvalue weighted by Gasteiger charge is 2.20. The van der Waals surface area contributed by atoms with E-state index in [0.717, 1.165) is 29.3 Å². The lowest BCUT2D eigenvalue weighted by Crippen LogP contribution is -2.36. The number of aromatic nitrogens is 5. The third kappa shape index (κ3) is 4.77. The van der Waals surface area contributed by atoms with Crippen LogP contribution in [0.15, 0.2) is 64.2 Å². The van der Waals surface area contributed by atoms with Gasteiger partial charge in [0.2, 0.25) is 11.8 Å². The molecule has 0 aliphatic rings. The summed E-state index contributed by atoms with van der Waals surface area (Å²) in [5, 5.41) is 7.71. The lowest BCUT2D eigenvalue weighted by molar-refractivity contribution is -0.122. The second kappa shape index (κ2) is 9.77. The second-order valence-corrected chi connectivity index (χ2v) is 9.21. The topological polar surface area (TPSA) is 108 Å². The SMILES string of the molecule is Cc1ccc2c(c1)c1ncn(Cc3nc(C)no3)c(=O)c1n2CC(=O)N[C@H](C)CCc1ccccc1. The summed E-state index contributed by atoms with van der Waals surface area (Å²) >= 11 is 0. The number of nitrogens with zero attached hydrogens (tertiary/aromatic N) is 5. The molecular formula is C27H28N6O3. The predicted octanol–water partition coefficient (Wildman–Crippen LogP) is 3.54. The molecule has 1 amide bonds. The van der Waals surface area contributed by atoms with Crippen molar-refractivity contribution in [2.75, 3.05) is 0 Å². The Kier molecular flexibility index (Phi) is 6.37. The fourth-order valence-corrected chi connectivity index (χ4v) is 4.51. The fourth-order valence-electron chi connectivity index (χ4n) is 4.51. The van der Waals surface area contributed by atoms with E-state index in [2.05, 4.69) is 32.6 Å². The molecule has 2 aromatic carbocycles. The largest absolute Gasteiger partial charge is 0.352 e. The molecule has 184 valence electrons. The van der Waals surface area contributed by atoms with Crippen molar-refractivity contribution in [1.82, 2.24) is 29.6 Å². The maximum absolute atomic E-state index is 13.6. The van der Waals surface area contributed by atoms with Crippen molar-refractivity contribution >= 4 is 27.8 Å². The third-order valence-electron chi connectivity index (χ3n) is 6.28. The van der Waals surface area contributed by atoms with Crippen LogP contribution in [0.3, 0.4) is 0 Å². The molecule has 3 heterocycles. The monoisotopic (exact) mass is 484 g/mol. The summed E-state index contributed by atoms with van der Waals surface area (Å²) < 4.78 is 8.37. The van der Waals surface area contributed by atoms with Crippen LogP contribution in [0, 0.1) is 13.8 Å². The van der Waals surface area contributed by atoms with Crippen molar-refractivity contribution in [3.63, 3.8) is 0 Å². The minimum Gasteiger partial charge on any atom is -0.352 e. The van der Waals surface area contributed by atoms with Gasteiger partial charge in [0, 0.05) is 11.4 Å². The van der Waals surface area contributed by atoms with Crippen molar-refractivity contribution in [3.8, 4) is 0 Å². The zero-order chi connectivity index (χ0) is 25.2. The molecule has 0 saturated carbocycles. The van der Waals surface area contributed by atoms with E-state index in [4.69, 9.17) is 4.52 Å². The molecule has 0 bridgehead atoms. The normalized spacial score (nSPS) is 12.3. The number of nitrogens with one attached hydrogen (secondary N) is 1. The number of rotatable bonds is 8. The van der Waals surface area contributed by atoms with Crippen LogP contribution in [0.5, 0.6) is 0 Å². The minimum atomic E-state index is -0.269. The Morgan fingerprint density at radius 3 is 2.69 bits per heavy atom. The highest BCUT2D eigenvalue weighted by atomic mass is 16.5. The number of carbonyl (C=O) groups excluding carboxylic acids is 1. The van der Waals surface area contributed by atoms with Gasteiger partial charge in [0.05, 0.1) is 11.8 Å². The standard InChI is InChI=1S/C27H28N6O3/c1-17-9-12-22-21(13-17)25-26(27(35)32(16-28-25)15-24-30-19(3)31-36-24)33(22)14-23(34)29-18(2)10-11-20-7-5-4-6-8-20/h4-9,12-13,16,18H,10-11,14-15H2,1-3H3,(H,29,34)/t18-/m1/s1. The zero-order valence-electron chi connectivity index (χ0n) is 20.6. The van der Waals surface area contributed by atoms with E-state index in [9.17, 15) is 9.59 Å². The van der Waals surface area contributed by atoms with Gasteiger partial charge in [-0.15, -0.1) is 0 Å². The molecule has 0 saturated heterocycles. The highest BCUT2D eigenvalue weighted by molar-refractivity contribution is 6.06. The number of benzene rings is 2. The van der Waals surface area contributed by atoms with Gasteiger partial charge in [-0.25, -0.2) is 4.98 Å². The van der Waals surface area contributed by atoms with Crippen LogP contribution in [-0.4, -0.2) is 36.2 Å². The number of carbonyl (C=O) groups is 1. The predicted molar refractivity (Wildman–Crippen MR) is 137 cm³/mol. The van der Waals surface area contributed by atoms with Crippen molar-refractivity contribution in [1.29, 1.82) is 0 Å². The van der Waals surface area contributed by atoms with Crippen molar-refractivity contribution < 1.29 is 9.32 Å². The Labute approximate surface area is 207 Å². The first-order valence-corrected chi connectivity index (χ1v) is 12.0. The molecule has 1 atom stereocenters. The lowest BCUT2D eigenvalue weighted by atomic mass is 10.1. The molecule has 9 nitrogen and oxygen atoms in total. The fraction of sp³-hybridized carbons (Fsp3) is 0.296. The Morgan fingerprint density at radius 2 is 1.94 bits per heavy atom. The van der Waals surface area contributed by atoms with Gasteiger partial charge < -0.3 is 14.4 Å². The van der Waals surface area contributed by atoms with E-state index in [0.29, 0.717) is 22.7 Å². The Balaban J connectivity index is 1.44. The quantitative estimate of drug-likeness (QED) is 0.361. The van der Waals surface area contributed by atoms with Crippen molar-refractivity contribution in [2.45, 2.75) is 52.7 Å². The van der Waals surface area contributed by atoms with E-state index in [1.165, 1.54) is 16.5 Å². The van der Waals surface area contributed by atoms with Gasteiger partial charge in [-0.2, -0.15) is 4.98 Å². The zero-order valence-corrected chi connectivity index (χ0v) is 20.6. The Morgan fingerprint density at radius 1 is 1.14 bits per heavy atom. The number of fused-ring (bicyclic) bond motifs is 3. The van der Waals surface area contributed by atoms with Crippen molar-refractivity contribution in [2.24, 2.45) is 0 Å². The van der Waals surface area contributed by atoms with Gasteiger partial charge in [-0.3, -0.25) is 14.2 Å². The summed E-state index contributed by atoms with van der Waals surface area (Å²) in [6.45, 7) is 5.82. The highest BCUT2D eigenvalue weighted by Crippen LogP contribution is 2.26. The molecular weight excluding hydrogens is 456 g/mol. The number of hydrogen-bond acceptors (Lipinski definition) is 6. The molecule has 3 aromatic heterocycles. The van der Waals surface area contributed by atoms with Crippen LogP contribution in [0.1, 0.15) is 36.2 Å². The molecule has 9 heteroatoms. The summed E-state index contributed by atoms with van der Waals surface area (Å²) in [7, 11) is 0. The molecule has 1 N–H and O–H groups in total. The van der Waals surface area contributed by atoms with Gasteiger partial charge in [-0.05, 0) is 51.3 Å². The molecule has 5 rings (SSSR count). The molecule has 0 unspecified atom stereocenters. The smallest absolute Gasteiger partial charge is 0.278 e. The van der Waals surface area contributed by atoms with Crippen LogP contribution >= 0.6 is 0 Å².